The molecule has 3 nitrogen and oxygen atoms in total. The lowest BCUT2D eigenvalue weighted by Gasteiger charge is -2.00. The molecule has 0 fully saturated rings. The molecular weight excluding hydrogens is 150 g/mol. The molecule has 12 heavy (non-hydrogen) atoms. The molecule has 0 saturated heterocycles. The van der Waals surface area contributed by atoms with E-state index >= 15 is 0 Å². The Kier molecular flexibility index (Phi) is 1.59. The summed E-state index contributed by atoms with van der Waals surface area (Å²) in [7, 11) is 0. The quantitative estimate of drug-likeness (QED) is 0.680. The van der Waals surface area contributed by atoms with Gasteiger partial charge in [-0.2, -0.15) is 0 Å². The SMILES string of the molecule is Cc1ncn2c(CN)cccc12. The van der Waals surface area contributed by atoms with Crippen LogP contribution in [0.15, 0.2) is 24.5 Å². The highest BCUT2D eigenvalue weighted by atomic mass is 15.0. The van der Waals surface area contributed by atoms with Crippen molar-refractivity contribution in [2.45, 2.75) is 13.5 Å². The van der Waals surface area contributed by atoms with Crippen LogP contribution in [0.1, 0.15) is 11.4 Å². The summed E-state index contributed by atoms with van der Waals surface area (Å²) in [5, 5.41) is 0. The third-order valence-corrected chi connectivity index (χ3v) is 2.06. The van der Waals surface area contributed by atoms with Crippen molar-refractivity contribution in [2.75, 3.05) is 0 Å². The lowest BCUT2D eigenvalue weighted by Crippen LogP contribution is -2.02. The highest BCUT2D eigenvalue weighted by Crippen LogP contribution is 2.10. The van der Waals surface area contributed by atoms with Crippen LogP contribution in [0.3, 0.4) is 0 Å². The van der Waals surface area contributed by atoms with Gasteiger partial charge in [0.1, 0.15) is 0 Å². The van der Waals surface area contributed by atoms with Gasteiger partial charge in [0.05, 0.1) is 17.5 Å². The van der Waals surface area contributed by atoms with E-state index in [9.17, 15) is 0 Å². The number of hydrogen-bond acceptors (Lipinski definition) is 2. The average Bonchev–Trinajstić information content (AvgIpc) is 2.48. The average molecular weight is 161 g/mol. The van der Waals surface area contributed by atoms with Crippen molar-refractivity contribution in [1.82, 2.24) is 9.38 Å². The fraction of sp³-hybridized carbons (Fsp3) is 0.222. The van der Waals surface area contributed by atoms with Crippen molar-refractivity contribution in [2.24, 2.45) is 5.73 Å². The Morgan fingerprint density at radius 1 is 1.50 bits per heavy atom. The molecule has 0 unspecified atom stereocenters. The van der Waals surface area contributed by atoms with Crippen molar-refractivity contribution < 1.29 is 0 Å². The van der Waals surface area contributed by atoms with Crippen LogP contribution in [0.2, 0.25) is 0 Å². The Hall–Kier alpha value is -1.35. The summed E-state index contributed by atoms with van der Waals surface area (Å²) in [6.45, 7) is 2.54. The minimum atomic E-state index is 0.549. The maximum atomic E-state index is 5.58. The molecule has 0 amide bonds. The van der Waals surface area contributed by atoms with Gasteiger partial charge in [0.15, 0.2) is 0 Å². The van der Waals surface area contributed by atoms with E-state index in [1.165, 1.54) is 0 Å². The first-order chi connectivity index (χ1) is 5.83. The largest absolute Gasteiger partial charge is 0.325 e. The summed E-state index contributed by atoms with van der Waals surface area (Å²) in [4.78, 5) is 4.21. The first-order valence-corrected chi connectivity index (χ1v) is 3.94. The Morgan fingerprint density at radius 3 is 3.08 bits per heavy atom. The summed E-state index contributed by atoms with van der Waals surface area (Å²) >= 11 is 0. The second-order valence-electron chi connectivity index (χ2n) is 2.81. The second-order valence-corrected chi connectivity index (χ2v) is 2.81. The van der Waals surface area contributed by atoms with Crippen molar-refractivity contribution in [3.63, 3.8) is 0 Å². The predicted molar refractivity (Wildman–Crippen MR) is 47.8 cm³/mol. The number of nitrogens with two attached hydrogens (primary N) is 1. The van der Waals surface area contributed by atoms with E-state index in [0.29, 0.717) is 6.54 Å². The molecule has 0 spiro atoms. The topological polar surface area (TPSA) is 43.3 Å². The molecule has 0 aliphatic heterocycles. The van der Waals surface area contributed by atoms with Gasteiger partial charge < -0.3 is 10.1 Å². The van der Waals surface area contributed by atoms with Crippen molar-refractivity contribution in [1.29, 1.82) is 0 Å². The second kappa shape index (κ2) is 2.60. The number of fused-ring (bicyclic) bond motifs is 1. The fourth-order valence-electron chi connectivity index (χ4n) is 1.37. The maximum Gasteiger partial charge on any atom is 0.0998 e. The Bertz CT molecular complexity index is 403. The van der Waals surface area contributed by atoms with Crippen LogP contribution in [-0.4, -0.2) is 9.38 Å². The van der Waals surface area contributed by atoms with E-state index in [1.807, 2.05) is 35.9 Å². The smallest absolute Gasteiger partial charge is 0.0998 e. The number of aromatic nitrogens is 2. The lowest BCUT2D eigenvalue weighted by atomic mass is 10.3. The maximum absolute atomic E-state index is 5.58. The van der Waals surface area contributed by atoms with E-state index in [2.05, 4.69) is 4.98 Å². The number of pyridine rings is 1. The molecule has 2 heterocycles. The number of aryl methyl sites for hydroxylation is 1. The standard InChI is InChI=1S/C9H11N3/c1-7-9-4-2-3-8(5-10)12(9)6-11-7/h2-4,6H,5,10H2,1H3. The normalized spacial score (nSPS) is 10.8. The third-order valence-electron chi connectivity index (χ3n) is 2.06. The molecule has 2 aromatic heterocycles. The fourth-order valence-corrected chi connectivity index (χ4v) is 1.37. The van der Waals surface area contributed by atoms with E-state index < -0.39 is 0 Å². The highest BCUT2D eigenvalue weighted by molar-refractivity contribution is 5.52. The van der Waals surface area contributed by atoms with Gasteiger partial charge >= 0.3 is 0 Å². The molecule has 0 aromatic carbocycles. The Balaban J connectivity index is 2.81. The van der Waals surface area contributed by atoms with Crippen LogP contribution in [0, 0.1) is 6.92 Å². The molecule has 3 heteroatoms. The van der Waals surface area contributed by atoms with Crippen LogP contribution in [0.5, 0.6) is 0 Å². The van der Waals surface area contributed by atoms with Crippen LogP contribution < -0.4 is 5.73 Å². The zero-order valence-corrected chi connectivity index (χ0v) is 6.99. The Labute approximate surface area is 70.8 Å². The van der Waals surface area contributed by atoms with E-state index in [-0.39, 0.29) is 0 Å². The van der Waals surface area contributed by atoms with Gasteiger partial charge in [-0.1, -0.05) is 6.07 Å². The molecule has 0 bridgehead atoms. The van der Waals surface area contributed by atoms with Crippen LogP contribution in [-0.2, 0) is 6.54 Å². The van der Waals surface area contributed by atoms with Crippen molar-refractivity contribution in [3.8, 4) is 0 Å². The highest BCUT2D eigenvalue weighted by Gasteiger charge is 2.00. The molecule has 62 valence electrons. The summed E-state index contributed by atoms with van der Waals surface area (Å²) in [6, 6.07) is 6.06. The lowest BCUT2D eigenvalue weighted by molar-refractivity contribution is 0.941. The number of imidazole rings is 1. The third kappa shape index (κ3) is 0.905. The van der Waals surface area contributed by atoms with Crippen LogP contribution in [0.4, 0.5) is 0 Å². The molecule has 2 N–H and O–H groups in total. The van der Waals surface area contributed by atoms with Gasteiger partial charge in [-0.3, -0.25) is 0 Å². The minimum absolute atomic E-state index is 0.549. The minimum Gasteiger partial charge on any atom is -0.325 e. The first kappa shape index (κ1) is 7.31. The molecular formula is C9H11N3. The van der Waals surface area contributed by atoms with Crippen molar-refractivity contribution in [3.05, 3.63) is 35.9 Å². The van der Waals surface area contributed by atoms with Crippen molar-refractivity contribution >= 4 is 5.52 Å². The number of hydrogen-bond donors (Lipinski definition) is 1. The monoisotopic (exact) mass is 161 g/mol. The number of nitrogens with zero attached hydrogens (tertiary/aromatic N) is 2. The van der Waals surface area contributed by atoms with Gasteiger partial charge in [0, 0.05) is 12.2 Å². The predicted octanol–water partition coefficient (Wildman–Crippen LogP) is 1.10. The van der Waals surface area contributed by atoms with Gasteiger partial charge in [0.2, 0.25) is 0 Å². The molecule has 0 radical (unpaired) electrons. The van der Waals surface area contributed by atoms with E-state index in [4.69, 9.17) is 5.73 Å². The Morgan fingerprint density at radius 2 is 2.33 bits per heavy atom. The van der Waals surface area contributed by atoms with E-state index in [1.54, 1.807) is 0 Å². The van der Waals surface area contributed by atoms with Crippen LogP contribution in [0.25, 0.3) is 5.52 Å². The summed E-state index contributed by atoms with van der Waals surface area (Å²) in [5.74, 6) is 0. The molecule has 2 aromatic rings. The zero-order valence-electron chi connectivity index (χ0n) is 6.99. The van der Waals surface area contributed by atoms with Gasteiger partial charge in [-0.05, 0) is 19.1 Å². The molecule has 0 atom stereocenters. The molecule has 2 rings (SSSR count). The van der Waals surface area contributed by atoms with Crippen LogP contribution >= 0.6 is 0 Å². The summed E-state index contributed by atoms with van der Waals surface area (Å²) < 4.78 is 2.02. The van der Waals surface area contributed by atoms with Gasteiger partial charge in [-0.15, -0.1) is 0 Å². The molecule has 0 aliphatic carbocycles. The van der Waals surface area contributed by atoms with E-state index in [0.717, 1.165) is 16.9 Å². The summed E-state index contributed by atoms with van der Waals surface area (Å²) in [6.07, 6.45) is 1.81. The summed E-state index contributed by atoms with van der Waals surface area (Å²) in [5.41, 5.74) is 8.85. The molecule has 0 aliphatic rings. The van der Waals surface area contributed by atoms with Gasteiger partial charge in [0.25, 0.3) is 0 Å². The number of rotatable bonds is 1. The molecule has 0 saturated carbocycles. The first-order valence-electron chi connectivity index (χ1n) is 3.94. The van der Waals surface area contributed by atoms with Gasteiger partial charge in [-0.25, -0.2) is 4.98 Å². The zero-order chi connectivity index (χ0) is 8.55.